The van der Waals surface area contributed by atoms with Crippen molar-refractivity contribution in [3.8, 4) is 11.5 Å². The number of thiocarbonyl (C=S) groups is 1. The van der Waals surface area contributed by atoms with Gasteiger partial charge in [-0.05, 0) is 36.6 Å². The number of rotatable bonds is 4. The molecule has 1 aromatic carbocycles. The molecule has 128 valence electrons. The number of halogens is 1. The Balaban J connectivity index is 1.82. The fourth-order valence-electron chi connectivity index (χ4n) is 2.63. The van der Waals surface area contributed by atoms with Gasteiger partial charge in [-0.25, -0.2) is 0 Å². The zero-order valence-corrected chi connectivity index (χ0v) is 15.3. The number of hydrogen-bond donors (Lipinski definition) is 1. The highest BCUT2D eigenvalue weighted by Crippen LogP contribution is 2.38. The van der Waals surface area contributed by atoms with Crippen molar-refractivity contribution in [3.05, 3.63) is 27.6 Å². The third kappa shape index (κ3) is 3.54. The molecule has 24 heavy (non-hydrogen) atoms. The van der Waals surface area contributed by atoms with Gasteiger partial charge in [0.15, 0.2) is 11.5 Å². The Bertz CT molecular complexity index is 716. The van der Waals surface area contributed by atoms with Gasteiger partial charge < -0.3 is 14.6 Å². The van der Waals surface area contributed by atoms with E-state index < -0.39 is 0 Å². The van der Waals surface area contributed by atoms with Gasteiger partial charge in [-0.3, -0.25) is 9.69 Å². The van der Waals surface area contributed by atoms with Crippen molar-refractivity contribution >= 4 is 51.9 Å². The highest BCUT2D eigenvalue weighted by Gasteiger charge is 2.34. The number of benzene rings is 1. The Morgan fingerprint density at radius 3 is 3.04 bits per heavy atom. The molecule has 0 bridgehead atoms. The molecule has 0 saturated carbocycles. The fourth-order valence-corrected chi connectivity index (χ4v) is 4.13. The van der Waals surface area contributed by atoms with E-state index in [1.165, 1.54) is 18.9 Å². The second-order valence-electron chi connectivity index (χ2n) is 5.48. The summed E-state index contributed by atoms with van der Waals surface area (Å²) in [5.41, 5.74) is 0.660. The number of carbonyl (C=O) groups is 1. The maximum Gasteiger partial charge on any atom is 0.266 e. The molecular weight excluding hydrogens is 370 g/mol. The molecule has 3 rings (SSSR count). The number of hydrogen-bond acceptors (Lipinski definition) is 6. The first kappa shape index (κ1) is 17.5. The molecule has 1 atom stereocenters. The van der Waals surface area contributed by atoms with Gasteiger partial charge >= 0.3 is 0 Å². The monoisotopic (exact) mass is 385 g/mol. The maximum absolute atomic E-state index is 12.6. The van der Waals surface area contributed by atoms with Crippen molar-refractivity contribution in [1.82, 2.24) is 4.90 Å². The number of phenolic OH excluding ortho intramolecular Hbond substituents is 1. The lowest BCUT2D eigenvalue weighted by Gasteiger charge is -2.18. The van der Waals surface area contributed by atoms with E-state index in [0.717, 1.165) is 19.4 Å². The van der Waals surface area contributed by atoms with E-state index in [1.54, 1.807) is 23.1 Å². The molecule has 1 amide bonds. The first-order valence-corrected chi connectivity index (χ1v) is 9.03. The second kappa shape index (κ2) is 7.31. The van der Waals surface area contributed by atoms with Crippen molar-refractivity contribution in [1.29, 1.82) is 0 Å². The SMILES string of the molecule is COc1cc(/C=C2\SC(=S)N(C[C@H]3CCCO3)C2=O)cc(Cl)c1O. The smallest absolute Gasteiger partial charge is 0.266 e. The summed E-state index contributed by atoms with van der Waals surface area (Å²) in [5.74, 6) is -0.00510. The number of ether oxygens (including phenoxy) is 2. The minimum atomic E-state index is -0.135. The molecule has 8 heteroatoms. The van der Waals surface area contributed by atoms with Crippen LogP contribution in [0.4, 0.5) is 0 Å². The quantitative estimate of drug-likeness (QED) is 0.633. The van der Waals surface area contributed by atoms with E-state index >= 15 is 0 Å². The maximum atomic E-state index is 12.6. The number of nitrogens with zero attached hydrogens (tertiary/aromatic N) is 1. The molecule has 0 aromatic heterocycles. The van der Waals surface area contributed by atoms with Crippen LogP contribution in [0.15, 0.2) is 17.0 Å². The lowest BCUT2D eigenvalue weighted by molar-refractivity contribution is -0.123. The highest BCUT2D eigenvalue weighted by atomic mass is 35.5. The Kier molecular flexibility index (Phi) is 5.34. The summed E-state index contributed by atoms with van der Waals surface area (Å²) < 4.78 is 11.2. The van der Waals surface area contributed by atoms with E-state index in [9.17, 15) is 9.90 Å². The second-order valence-corrected chi connectivity index (χ2v) is 7.56. The van der Waals surface area contributed by atoms with Gasteiger partial charge in [0.2, 0.25) is 0 Å². The molecule has 0 radical (unpaired) electrons. The van der Waals surface area contributed by atoms with Crippen molar-refractivity contribution < 1.29 is 19.4 Å². The summed E-state index contributed by atoms with van der Waals surface area (Å²) in [7, 11) is 1.44. The van der Waals surface area contributed by atoms with Gasteiger partial charge in [-0.1, -0.05) is 35.6 Å². The van der Waals surface area contributed by atoms with Crippen molar-refractivity contribution in [2.24, 2.45) is 0 Å². The summed E-state index contributed by atoms with van der Waals surface area (Å²) in [4.78, 5) is 14.7. The van der Waals surface area contributed by atoms with Gasteiger partial charge in [-0.15, -0.1) is 0 Å². The first-order chi connectivity index (χ1) is 11.5. The molecule has 0 unspecified atom stereocenters. The zero-order chi connectivity index (χ0) is 17.3. The summed E-state index contributed by atoms with van der Waals surface area (Å²) in [6.07, 6.45) is 3.71. The Morgan fingerprint density at radius 2 is 2.38 bits per heavy atom. The van der Waals surface area contributed by atoms with Crippen molar-refractivity contribution in [2.45, 2.75) is 18.9 Å². The van der Waals surface area contributed by atoms with E-state index in [1.807, 2.05) is 0 Å². The standard InChI is InChI=1S/C16H16ClNO4S2/c1-21-12-6-9(5-11(17)14(12)19)7-13-15(20)18(16(23)24-13)8-10-3-2-4-22-10/h5-7,10,19H,2-4,8H2,1H3/b13-7-/t10-/m1/s1. The van der Waals surface area contributed by atoms with Gasteiger partial charge in [0.05, 0.1) is 29.7 Å². The van der Waals surface area contributed by atoms with Crippen LogP contribution in [0.5, 0.6) is 11.5 Å². The van der Waals surface area contributed by atoms with Gasteiger partial charge in [0.25, 0.3) is 5.91 Å². The zero-order valence-electron chi connectivity index (χ0n) is 13.0. The van der Waals surface area contributed by atoms with Crippen LogP contribution in [-0.4, -0.2) is 46.6 Å². The van der Waals surface area contributed by atoms with Gasteiger partial charge in [0, 0.05) is 6.61 Å². The average molecular weight is 386 g/mol. The van der Waals surface area contributed by atoms with Crippen LogP contribution in [0.25, 0.3) is 6.08 Å². The van der Waals surface area contributed by atoms with E-state index in [4.69, 9.17) is 33.3 Å². The molecule has 2 fully saturated rings. The Labute approximate surface area is 154 Å². The molecule has 2 saturated heterocycles. The number of amides is 1. The molecule has 1 aromatic rings. The Hall–Kier alpha value is -1.28. The predicted molar refractivity (Wildman–Crippen MR) is 98.5 cm³/mol. The van der Waals surface area contributed by atoms with Crippen LogP contribution in [-0.2, 0) is 9.53 Å². The van der Waals surface area contributed by atoms with Crippen molar-refractivity contribution in [2.75, 3.05) is 20.3 Å². The Morgan fingerprint density at radius 1 is 1.58 bits per heavy atom. The molecule has 5 nitrogen and oxygen atoms in total. The van der Waals surface area contributed by atoms with E-state index in [-0.39, 0.29) is 28.5 Å². The van der Waals surface area contributed by atoms with Crippen LogP contribution in [0.3, 0.4) is 0 Å². The van der Waals surface area contributed by atoms with Crippen LogP contribution in [0.2, 0.25) is 5.02 Å². The summed E-state index contributed by atoms with van der Waals surface area (Å²) in [6, 6.07) is 3.19. The number of carbonyl (C=O) groups excluding carboxylic acids is 1. The topological polar surface area (TPSA) is 59.0 Å². The lowest BCUT2D eigenvalue weighted by Crippen LogP contribution is -2.35. The van der Waals surface area contributed by atoms with Crippen LogP contribution in [0, 0.1) is 0 Å². The molecule has 2 aliphatic rings. The normalized spacial score (nSPS) is 22.7. The fraction of sp³-hybridized carbons (Fsp3) is 0.375. The lowest BCUT2D eigenvalue weighted by atomic mass is 10.1. The predicted octanol–water partition coefficient (Wildman–Crippen LogP) is 3.43. The summed E-state index contributed by atoms with van der Waals surface area (Å²) >= 11 is 12.6. The van der Waals surface area contributed by atoms with Crippen LogP contribution < -0.4 is 4.74 Å². The van der Waals surface area contributed by atoms with Gasteiger partial charge in [-0.2, -0.15) is 0 Å². The number of phenols is 1. The highest BCUT2D eigenvalue weighted by molar-refractivity contribution is 8.26. The number of methoxy groups -OCH3 is 1. The van der Waals surface area contributed by atoms with Crippen LogP contribution in [0.1, 0.15) is 18.4 Å². The van der Waals surface area contributed by atoms with Crippen molar-refractivity contribution in [3.63, 3.8) is 0 Å². The molecule has 0 aliphatic carbocycles. The molecule has 2 aliphatic heterocycles. The minimum Gasteiger partial charge on any atom is -0.503 e. The summed E-state index contributed by atoms with van der Waals surface area (Å²) in [5, 5.41) is 9.95. The average Bonchev–Trinajstić information content (AvgIpc) is 3.15. The molecular formula is C16H16ClNO4S2. The molecule has 0 spiro atoms. The molecule has 1 N–H and O–H groups in total. The van der Waals surface area contributed by atoms with Gasteiger partial charge in [0.1, 0.15) is 4.32 Å². The summed E-state index contributed by atoms with van der Waals surface area (Å²) in [6.45, 7) is 1.22. The first-order valence-electron chi connectivity index (χ1n) is 7.43. The largest absolute Gasteiger partial charge is 0.503 e. The number of thioether (sulfide) groups is 1. The molecule has 2 heterocycles. The van der Waals surface area contributed by atoms with Crippen LogP contribution >= 0.6 is 35.6 Å². The van der Waals surface area contributed by atoms with E-state index in [0.29, 0.717) is 21.3 Å². The third-order valence-electron chi connectivity index (χ3n) is 3.85. The number of aromatic hydroxyl groups is 1. The third-order valence-corrected chi connectivity index (χ3v) is 5.52. The minimum absolute atomic E-state index is 0.0510. The van der Waals surface area contributed by atoms with E-state index in [2.05, 4.69) is 0 Å².